The summed E-state index contributed by atoms with van der Waals surface area (Å²) in [5.41, 5.74) is 7.23. The number of nitrogens with zero attached hydrogens (tertiary/aromatic N) is 3. The molecule has 18 heavy (non-hydrogen) atoms. The van der Waals surface area contributed by atoms with Crippen molar-refractivity contribution in [2.24, 2.45) is 5.73 Å². The van der Waals surface area contributed by atoms with E-state index in [-0.39, 0.29) is 6.04 Å². The van der Waals surface area contributed by atoms with E-state index in [9.17, 15) is 0 Å². The van der Waals surface area contributed by atoms with Crippen LogP contribution in [0.25, 0.3) is 0 Å². The highest BCUT2D eigenvalue weighted by Crippen LogP contribution is 2.16. The Kier molecular flexibility index (Phi) is 3.94. The van der Waals surface area contributed by atoms with Crippen molar-refractivity contribution in [2.75, 3.05) is 18.5 Å². The standard InChI is InChI=1S/C13H18N4O/c1-3-17(2)13-15-12(18-16-13)11(14)9-10-7-5-4-6-8-10/h4-8,11H,3,9,14H2,1-2H3/t11-/m1/s1. The summed E-state index contributed by atoms with van der Waals surface area (Å²) in [5, 5.41) is 3.91. The van der Waals surface area contributed by atoms with Gasteiger partial charge in [-0.05, 0) is 24.1 Å². The van der Waals surface area contributed by atoms with Crippen molar-refractivity contribution in [2.45, 2.75) is 19.4 Å². The van der Waals surface area contributed by atoms with E-state index in [1.54, 1.807) is 0 Å². The second kappa shape index (κ2) is 5.64. The molecule has 5 nitrogen and oxygen atoms in total. The minimum atomic E-state index is -0.265. The molecular formula is C13H18N4O. The van der Waals surface area contributed by atoms with Crippen LogP contribution < -0.4 is 10.6 Å². The van der Waals surface area contributed by atoms with Crippen LogP contribution in [0.2, 0.25) is 0 Å². The highest BCUT2D eigenvalue weighted by atomic mass is 16.5. The van der Waals surface area contributed by atoms with E-state index in [0.29, 0.717) is 18.3 Å². The smallest absolute Gasteiger partial charge is 0.265 e. The van der Waals surface area contributed by atoms with Crippen LogP contribution in [0.15, 0.2) is 34.9 Å². The lowest BCUT2D eigenvalue weighted by Crippen LogP contribution is -2.18. The summed E-state index contributed by atoms with van der Waals surface area (Å²) in [6.45, 7) is 2.85. The fourth-order valence-corrected chi connectivity index (χ4v) is 1.63. The lowest BCUT2D eigenvalue weighted by molar-refractivity contribution is 0.353. The summed E-state index contributed by atoms with van der Waals surface area (Å²) in [5.74, 6) is 1.06. The zero-order valence-electron chi connectivity index (χ0n) is 10.7. The number of rotatable bonds is 5. The van der Waals surface area contributed by atoms with Crippen molar-refractivity contribution in [3.05, 3.63) is 41.8 Å². The molecule has 0 aliphatic rings. The minimum absolute atomic E-state index is 0.265. The zero-order valence-corrected chi connectivity index (χ0v) is 10.7. The molecule has 1 heterocycles. The van der Waals surface area contributed by atoms with E-state index in [1.807, 2.05) is 49.2 Å². The topological polar surface area (TPSA) is 68.2 Å². The largest absolute Gasteiger partial charge is 0.342 e. The van der Waals surface area contributed by atoms with Gasteiger partial charge < -0.3 is 15.2 Å². The number of aromatic nitrogens is 2. The van der Waals surface area contributed by atoms with Gasteiger partial charge in [0.2, 0.25) is 5.89 Å². The molecule has 0 amide bonds. The van der Waals surface area contributed by atoms with E-state index in [1.165, 1.54) is 0 Å². The number of anilines is 1. The molecule has 2 rings (SSSR count). The van der Waals surface area contributed by atoms with Gasteiger partial charge in [0.15, 0.2) is 0 Å². The van der Waals surface area contributed by atoms with Crippen LogP contribution in [-0.4, -0.2) is 23.7 Å². The molecule has 0 radical (unpaired) electrons. The van der Waals surface area contributed by atoms with Gasteiger partial charge in [-0.15, -0.1) is 0 Å². The first-order chi connectivity index (χ1) is 8.70. The van der Waals surface area contributed by atoms with Gasteiger partial charge in [-0.25, -0.2) is 0 Å². The van der Waals surface area contributed by atoms with Crippen LogP contribution in [0, 0.1) is 0 Å². The zero-order chi connectivity index (χ0) is 13.0. The SMILES string of the molecule is CCN(C)c1noc([C@H](N)Cc2ccccc2)n1. The van der Waals surface area contributed by atoms with E-state index in [0.717, 1.165) is 12.1 Å². The fourth-order valence-electron chi connectivity index (χ4n) is 1.63. The molecule has 0 fully saturated rings. The van der Waals surface area contributed by atoms with Crippen LogP contribution in [0.4, 0.5) is 5.95 Å². The van der Waals surface area contributed by atoms with Gasteiger partial charge in [-0.3, -0.25) is 0 Å². The van der Waals surface area contributed by atoms with E-state index >= 15 is 0 Å². The van der Waals surface area contributed by atoms with Gasteiger partial charge in [0.05, 0.1) is 6.04 Å². The van der Waals surface area contributed by atoms with E-state index in [2.05, 4.69) is 10.1 Å². The second-order valence-corrected chi connectivity index (χ2v) is 4.24. The lowest BCUT2D eigenvalue weighted by atomic mass is 10.1. The first-order valence-electron chi connectivity index (χ1n) is 6.05. The molecule has 0 bridgehead atoms. The Balaban J connectivity index is 2.05. The molecular weight excluding hydrogens is 228 g/mol. The third-order valence-electron chi connectivity index (χ3n) is 2.86. The first kappa shape index (κ1) is 12.6. The summed E-state index contributed by atoms with van der Waals surface area (Å²) in [4.78, 5) is 6.21. The van der Waals surface area contributed by atoms with Gasteiger partial charge >= 0.3 is 0 Å². The molecule has 2 N–H and O–H groups in total. The summed E-state index contributed by atoms with van der Waals surface area (Å²) < 4.78 is 5.19. The maximum absolute atomic E-state index is 6.07. The van der Waals surface area contributed by atoms with Gasteiger partial charge in [0, 0.05) is 13.6 Å². The fraction of sp³-hybridized carbons (Fsp3) is 0.385. The third-order valence-corrected chi connectivity index (χ3v) is 2.86. The molecule has 5 heteroatoms. The molecule has 1 aromatic carbocycles. The van der Waals surface area contributed by atoms with E-state index in [4.69, 9.17) is 10.3 Å². The summed E-state index contributed by atoms with van der Waals surface area (Å²) in [6.07, 6.45) is 0.693. The summed E-state index contributed by atoms with van der Waals surface area (Å²) in [7, 11) is 1.91. The Labute approximate surface area is 107 Å². The summed E-state index contributed by atoms with van der Waals surface area (Å²) in [6, 6.07) is 9.78. The summed E-state index contributed by atoms with van der Waals surface area (Å²) >= 11 is 0. The predicted octanol–water partition coefficient (Wildman–Crippen LogP) is 1.77. The van der Waals surface area contributed by atoms with E-state index < -0.39 is 0 Å². The predicted molar refractivity (Wildman–Crippen MR) is 70.3 cm³/mol. The van der Waals surface area contributed by atoms with Crippen molar-refractivity contribution in [1.29, 1.82) is 0 Å². The monoisotopic (exact) mass is 246 g/mol. The number of hydrogen-bond acceptors (Lipinski definition) is 5. The number of benzene rings is 1. The average molecular weight is 246 g/mol. The maximum atomic E-state index is 6.07. The van der Waals surface area contributed by atoms with Gasteiger partial charge in [0.25, 0.3) is 5.95 Å². The van der Waals surface area contributed by atoms with Crippen molar-refractivity contribution in [3.63, 3.8) is 0 Å². The molecule has 1 aromatic heterocycles. The Morgan fingerprint density at radius 3 is 2.72 bits per heavy atom. The van der Waals surface area contributed by atoms with Crippen molar-refractivity contribution >= 4 is 5.95 Å². The molecule has 1 atom stereocenters. The maximum Gasteiger partial charge on any atom is 0.265 e. The highest BCUT2D eigenvalue weighted by Gasteiger charge is 2.16. The molecule has 0 saturated carbocycles. The Hall–Kier alpha value is -1.88. The molecule has 0 aliphatic heterocycles. The molecule has 0 aliphatic carbocycles. The Bertz CT molecular complexity index is 483. The number of hydrogen-bond donors (Lipinski definition) is 1. The average Bonchev–Trinajstić information content (AvgIpc) is 2.88. The number of nitrogens with two attached hydrogens (primary N) is 1. The molecule has 96 valence electrons. The Morgan fingerprint density at radius 1 is 1.33 bits per heavy atom. The molecule has 0 spiro atoms. The van der Waals surface area contributed by atoms with Crippen LogP contribution >= 0.6 is 0 Å². The van der Waals surface area contributed by atoms with Crippen LogP contribution in [0.1, 0.15) is 24.4 Å². The Morgan fingerprint density at radius 2 is 2.06 bits per heavy atom. The third kappa shape index (κ3) is 2.87. The van der Waals surface area contributed by atoms with Gasteiger partial charge in [-0.1, -0.05) is 30.3 Å². The van der Waals surface area contributed by atoms with Gasteiger partial charge in [0.1, 0.15) is 0 Å². The molecule has 0 unspecified atom stereocenters. The normalized spacial score (nSPS) is 12.4. The highest BCUT2D eigenvalue weighted by molar-refractivity contribution is 5.26. The second-order valence-electron chi connectivity index (χ2n) is 4.24. The minimum Gasteiger partial charge on any atom is -0.342 e. The first-order valence-corrected chi connectivity index (χ1v) is 6.05. The quantitative estimate of drug-likeness (QED) is 0.870. The van der Waals surface area contributed by atoms with Crippen molar-refractivity contribution in [3.8, 4) is 0 Å². The lowest BCUT2D eigenvalue weighted by Gasteiger charge is -2.09. The molecule has 0 saturated heterocycles. The van der Waals surface area contributed by atoms with Crippen LogP contribution in [0.3, 0.4) is 0 Å². The van der Waals surface area contributed by atoms with Crippen molar-refractivity contribution in [1.82, 2.24) is 10.1 Å². The van der Waals surface area contributed by atoms with Crippen LogP contribution in [-0.2, 0) is 6.42 Å². The van der Waals surface area contributed by atoms with Crippen LogP contribution in [0.5, 0.6) is 0 Å². The van der Waals surface area contributed by atoms with Crippen molar-refractivity contribution < 1.29 is 4.52 Å². The van der Waals surface area contributed by atoms with Gasteiger partial charge in [-0.2, -0.15) is 4.98 Å². The molecule has 2 aromatic rings.